The lowest BCUT2D eigenvalue weighted by molar-refractivity contribution is -0.121. The molecular formula is C27H22ClFN4O3S. The highest BCUT2D eigenvalue weighted by molar-refractivity contribution is 8.15. The fraction of sp³-hybridized carbons (Fsp3) is 0.185. The number of methoxy groups -OCH3 is 1. The Morgan fingerprint density at radius 1 is 1.16 bits per heavy atom. The molecule has 5 rings (SSSR count). The molecule has 3 aromatic carbocycles. The van der Waals surface area contributed by atoms with Crippen LogP contribution in [0.2, 0.25) is 5.02 Å². The number of nitrogens with one attached hydrogen (secondary N) is 1. The van der Waals surface area contributed by atoms with Crippen LogP contribution in [0.25, 0.3) is 0 Å². The number of hydrogen-bond acceptors (Lipinski definition) is 6. The average Bonchev–Trinajstić information content (AvgIpc) is 3.48. The van der Waals surface area contributed by atoms with E-state index in [1.807, 2.05) is 48.5 Å². The van der Waals surface area contributed by atoms with Gasteiger partial charge in [0.25, 0.3) is 5.91 Å². The van der Waals surface area contributed by atoms with Crippen LogP contribution in [0.1, 0.15) is 30.0 Å². The molecule has 0 saturated carbocycles. The molecule has 7 nitrogen and oxygen atoms in total. The highest BCUT2D eigenvalue weighted by Gasteiger charge is 2.39. The Balaban J connectivity index is 1.35. The number of aliphatic imine (C=N–C) groups is 1. The summed E-state index contributed by atoms with van der Waals surface area (Å²) in [7, 11) is 1.61. The van der Waals surface area contributed by atoms with Crippen LogP contribution in [0, 0.1) is 5.82 Å². The highest BCUT2D eigenvalue weighted by Crippen LogP contribution is 2.39. The molecule has 10 heteroatoms. The Morgan fingerprint density at radius 3 is 2.62 bits per heavy atom. The van der Waals surface area contributed by atoms with Crippen LogP contribution in [-0.4, -0.2) is 40.1 Å². The molecule has 0 saturated heterocycles. The van der Waals surface area contributed by atoms with E-state index in [9.17, 15) is 14.0 Å². The largest absolute Gasteiger partial charge is 0.497 e. The second-order valence-corrected chi connectivity index (χ2v) is 10.1. The van der Waals surface area contributed by atoms with E-state index in [0.29, 0.717) is 22.3 Å². The maximum absolute atomic E-state index is 13.4. The molecule has 3 aromatic rings. The van der Waals surface area contributed by atoms with Gasteiger partial charge in [-0.2, -0.15) is 10.1 Å². The maximum atomic E-state index is 13.4. The Bertz CT molecular complexity index is 1400. The third kappa shape index (κ3) is 5.68. The van der Waals surface area contributed by atoms with E-state index in [1.165, 1.54) is 30.0 Å². The maximum Gasteiger partial charge on any atom is 0.262 e. The third-order valence-corrected chi connectivity index (χ3v) is 7.39. The first-order valence-electron chi connectivity index (χ1n) is 11.5. The van der Waals surface area contributed by atoms with E-state index >= 15 is 0 Å². The van der Waals surface area contributed by atoms with Gasteiger partial charge < -0.3 is 10.1 Å². The van der Waals surface area contributed by atoms with Gasteiger partial charge in [-0.3, -0.25) is 9.59 Å². The van der Waals surface area contributed by atoms with Crippen molar-refractivity contribution in [2.45, 2.75) is 24.1 Å². The van der Waals surface area contributed by atoms with E-state index < -0.39 is 22.9 Å². The zero-order chi connectivity index (χ0) is 25.9. The number of rotatable bonds is 6. The first kappa shape index (κ1) is 25.0. The average molecular weight is 537 g/mol. The minimum Gasteiger partial charge on any atom is -0.497 e. The van der Waals surface area contributed by atoms with Gasteiger partial charge in [-0.1, -0.05) is 41.6 Å². The molecule has 188 valence electrons. The number of ether oxygens (including phenoxy) is 1. The van der Waals surface area contributed by atoms with E-state index in [2.05, 4.69) is 10.3 Å². The number of halogens is 2. The molecule has 0 fully saturated rings. The number of benzene rings is 3. The lowest BCUT2D eigenvalue weighted by atomic mass is 9.98. The predicted octanol–water partition coefficient (Wildman–Crippen LogP) is 5.67. The SMILES string of the molecule is COc1ccc(C2=NN(C3=NC(=O)[C@H](CC(=O)Nc4cccc(F)c4)S3)[C@H](c3ccc(Cl)cc3)C2)cc1. The van der Waals surface area contributed by atoms with E-state index in [4.69, 9.17) is 21.4 Å². The molecule has 2 heterocycles. The van der Waals surface area contributed by atoms with Crippen molar-refractivity contribution in [3.05, 3.63) is 94.8 Å². The summed E-state index contributed by atoms with van der Waals surface area (Å²) in [5, 5.41) is 9.56. The van der Waals surface area contributed by atoms with E-state index in [0.717, 1.165) is 22.6 Å². The molecule has 37 heavy (non-hydrogen) atoms. The van der Waals surface area contributed by atoms with Crippen LogP contribution in [0.15, 0.2) is 82.9 Å². The van der Waals surface area contributed by atoms with Crippen molar-refractivity contribution in [1.82, 2.24) is 5.01 Å². The summed E-state index contributed by atoms with van der Waals surface area (Å²) in [4.78, 5) is 29.5. The number of anilines is 1. The molecule has 0 aliphatic carbocycles. The molecular weight excluding hydrogens is 515 g/mol. The number of hydrogen-bond donors (Lipinski definition) is 1. The fourth-order valence-corrected chi connectivity index (χ4v) is 5.33. The van der Waals surface area contributed by atoms with Crippen molar-refractivity contribution in [2.24, 2.45) is 10.1 Å². The minimum absolute atomic E-state index is 0.0957. The zero-order valence-corrected chi connectivity index (χ0v) is 21.3. The summed E-state index contributed by atoms with van der Waals surface area (Å²) in [6.07, 6.45) is 0.494. The van der Waals surface area contributed by atoms with Crippen molar-refractivity contribution < 1.29 is 18.7 Å². The standard InChI is InChI=1S/C27H22ClFN4O3S/c1-36-21-11-7-16(8-12-21)22-14-23(17-5-9-18(28)10-6-17)33(32-22)27-31-26(35)24(37-27)15-25(34)30-20-4-2-3-19(29)13-20/h2-13,23-24H,14-15H2,1H3,(H,30,34)/t23-,24-/m0/s1. The second-order valence-electron chi connectivity index (χ2n) is 8.49. The summed E-state index contributed by atoms with van der Waals surface area (Å²) < 4.78 is 18.7. The third-order valence-electron chi connectivity index (χ3n) is 5.99. The van der Waals surface area contributed by atoms with Crippen LogP contribution >= 0.6 is 23.4 Å². The highest BCUT2D eigenvalue weighted by atomic mass is 35.5. The van der Waals surface area contributed by atoms with Crippen molar-refractivity contribution in [1.29, 1.82) is 0 Å². The van der Waals surface area contributed by atoms with Gasteiger partial charge in [-0.25, -0.2) is 9.40 Å². The van der Waals surface area contributed by atoms with E-state index in [1.54, 1.807) is 18.2 Å². The topological polar surface area (TPSA) is 83.4 Å². The van der Waals surface area contributed by atoms with Crippen LogP contribution in [0.4, 0.5) is 10.1 Å². The normalized spacial score (nSPS) is 19.0. The molecule has 0 bridgehead atoms. The summed E-state index contributed by atoms with van der Waals surface area (Å²) in [6.45, 7) is 0. The van der Waals surface area contributed by atoms with Crippen LogP contribution < -0.4 is 10.1 Å². The Labute approximate surface area is 222 Å². The Hall–Kier alpha value is -3.69. The van der Waals surface area contributed by atoms with Gasteiger partial charge in [-0.05, 0) is 65.7 Å². The Morgan fingerprint density at radius 2 is 1.92 bits per heavy atom. The summed E-state index contributed by atoms with van der Waals surface area (Å²) in [5.74, 6) is -0.514. The van der Waals surface area contributed by atoms with Crippen molar-refractivity contribution in [3.63, 3.8) is 0 Å². The van der Waals surface area contributed by atoms with Crippen molar-refractivity contribution in [3.8, 4) is 5.75 Å². The minimum atomic E-state index is -0.699. The van der Waals surface area contributed by atoms with Crippen molar-refractivity contribution in [2.75, 3.05) is 12.4 Å². The smallest absolute Gasteiger partial charge is 0.262 e. The number of amidine groups is 1. The fourth-order valence-electron chi connectivity index (χ4n) is 4.14. The molecule has 2 aliphatic heterocycles. The molecule has 2 amide bonds. The molecule has 0 radical (unpaired) electrons. The quantitative estimate of drug-likeness (QED) is 0.439. The molecule has 2 aliphatic rings. The molecule has 1 N–H and O–H groups in total. The van der Waals surface area contributed by atoms with Gasteiger partial charge in [0, 0.05) is 23.6 Å². The number of amides is 2. The summed E-state index contributed by atoms with van der Waals surface area (Å²) >= 11 is 7.30. The zero-order valence-electron chi connectivity index (χ0n) is 19.7. The first-order valence-corrected chi connectivity index (χ1v) is 12.8. The predicted molar refractivity (Wildman–Crippen MR) is 144 cm³/mol. The van der Waals surface area contributed by atoms with E-state index in [-0.39, 0.29) is 12.5 Å². The van der Waals surface area contributed by atoms with Crippen LogP contribution in [0.5, 0.6) is 5.75 Å². The molecule has 0 aromatic heterocycles. The Kier molecular flexibility index (Phi) is 7.25. The summed E-state index contributed by atoms with van der Waals surface area (Å²) in [6, 6.07) is 20.5. The van der Waals surface area contributed by atoms with Gasteiger partial charge in [0.1, 0.15) is 16.8 Å². The van der Waals surface area contributed by atoms with Crippen molar-refractivity contribution >= 4 is 51.7 Å². The first-order chi connectivity index (χ1) is 17.9. The lowest BCUT2D eigenvalue weighted by Gasteiger charge is -2.23. The number of carbonyl (C=O) groups is 2. The molecule has 2 atom stereocenters. The number of hydrazone groups is 1. The van der Waals surface area contributed by atoms with Gasteiger partial charge >= 0.3 is 0 Å². The molecule has 0 unspecified atom stereocenters. The molecule has 0 spiro atoms. The van der Waals surface area contributed by atoms with Crippen LogP contribution in [0.3, 0.4) is 0 Å². The lowest BCUT2D eigenvalue weighted by Crippen LogP contribution is -2.25. The van der Waals surface area contributed by atoms with Gasteiger partial charge in [-0.15, -0.1) is 0 Å². The second kappa shape index (κ2) is 10.7. The van der Waals surface area contributed by atoms with Gasteiger partial charge in [0.2, 0.25) is 5.91 Å². The van der Waals surface area contributed by atoms with Gasteiger partial charge in [0.05, 0.1) is 18.9 Å². The summed E-state index contributed by atoms with van der Waals surface area (Å²) in [5.41, 5.74) is 3.08. The van der Waals surface area contributed by atoms with Gasteiger partial charge in [0.15, 0.2) is 5.17 Å². The number of thioether (sulfide) groups is 1. The number of carbonyl (C=O) groups excluding carboxylic acids is 2. The van der Waals surface area contributed by atoms with Crippen LogP contribution in [-0.2, 0) is 9.59 Å². The monoisotopic (exact) mass is 536 g/mol. The number of nitrogens with zero attached hydrogens (tertiary/aromatic N) is 3.